The quantitative estimate of drug-likeness (QED) is 0.764. The molecule has 1 aromatic carbocycles. The highest BCUT2D eigenvalue weighted by atomic mass is 35.5. The molecular weight excluding hydrogens is 232 g/mol. The number of nitrogens with one attached hydrogen (secondary N) is 1. The van der Waals surface area contributed by atoms with Crippen LogP contribution in [0, 0.1) is 11.3 Å². The Morgan fingerprint density at radius 1 is 1.35 bits per heavy atom. The second kappa shape index (κ2) is 5.63. The zero-order valence-corrected chi connectivity index (χ0v) is 11.9. The Morgan fingerprint density at radius 3 is 2.59 bits per heavy atom. The molecular formula is C14H23ClN2. The number of nitrogen functional groups attached to an aromatic ring is 1. The smallest absolute Gasteiger partial charge is 0.0589 e. The van der Waals surface area contributed by atoms with Crippen LogP contribution in [0.25, 0.3) is 0 Å². The van der Waals surface area contributed by atoms with E-state index in [9.17, 15) is 0 Å². The van der Waals surface area contributed by atoms with Crippen molar-refractivity contribution in [2.75, 3.05) is 17.6 Å². The molecule has 3 heteroatoms. The number of anilines is 2. The average Bonchev–Trinajstić information content (AvgIpc) is 2.17. The van der Waals surface area contributed by atoms with Crippen LogP contribution in [-0.4, -0.2) is 6.54 Å². The maximum Gasteiger partial charge on any atom is 0.0589 e. The summed E-state index contributed by atoms with van der Waals surface area (Å²) >= 11 is 5.96. The number of hydrogen-bond acceptors (Lipinski definition) is 2. The van der Waals surface area contributed by atoms with Gasteiger partial charge < -0.3 is 11.1 Å². The molecule has 0 unspecified atom stereocenters. The fourth-order valence-corrected chi connectivity index (χ4v) is 2.37. The maximum absolute atomic E-state index is 5.96. The van der Waals surface area contributed by atoms with Gasteiger partial charge in [0.2, 0.25) is 0 Å². The Balaban J connectivity index is 2.63. The standard InChI is InChI=1S/C14H23ClN2/c1-10(2)8-14(3,4)9-17-13-7-11(15)5-6-12(13)16/h5-7,10,17H,8-9,16H2,1-4H3. The van der Waals surface area contributed by atoms with E-state index >= 15 is 0 Å². The molecule has 96 valence electrons. The van der Waals surface area contributed by atoms with Crippen LogP contribution in [0.4, 0.5) is 11.4 Å². The van der Waals surface area contributed by atoms with Gasteiger partial charge in [-0.15, -0.1) is 0 Å². The molecule has 1 rings (SSSR count). The second-order valence-electron chi connectivity index (χ2n) is 5.85. The van der Waals surface area contributed by atoms with Crippen LogP contribution in [0.1, 0.15) is 34.1 Å². The summed E-state index contributed by atoms with van der Waals surface area (Å²) in [5, 5.41) is 4.10. The number of halogens is 1. The molecule has 0 fully saturated rings. The summed E-state index contributed by atoms with van der Waals surface area (Å²) in [5.74, 6) is 0.698. The molecule has 0 aliphatic rings. The summed E-state index contributed by atoms with van der Waals surface area (Å²) in [7, 11) is 0. The molecule has 17 heavy (non-hydrogen) atoms. The molecule has 0 saturated heterocycles. The Bertz CT molecular complexity index is 372. The molecule has 0 aliphatic carbocycles. The van der Waals surface area contributed by atoms with E-state index in [4.69, 9.17) is 17.3 Å². The Kier molecular flexibility index (Phi) is 4.70. The molecule has 0 radical (unpaired) electrons. The van der Waals surface area contributed by atoms with Gasteiger partial charge >= 0.3 is 0 Å². The summed E-state index contributed by atoms with van der Waals surface area (Å²) in [6, 6.07) is 5.52. The van der Waals surface area contributed by atoms with Gasteiger partial charge in [-0.2, -0.15) is 0 Å². The van der Waals surface area contributed by atoms with Crippen LogP contribution in [-0.2, 0) is 0 Å². The monoisotopic (exact) mass is 254 g/mol. The third kappa shape index (κ3) is 4.86. The molecule has 0 aliphatic heterocycles. The van der Waals surface area contributed by atoms with Gasteiger partial charge in [0.25, 0.3) is 0 Å². The molecule has 0 saturated carbocycles. The van der Waals surface area contributed by atoms with Gasteiger partial charge in [0.1, 0.15) is 0 Å². The minimum atomic E-state index is 0.253. The van der Waals surface area contributed by atoms with Crippen LogP contribution in [0.5, 0.6) is 0 Å². The highest BCUT2D eigenvalue weighted by Crippen LogP contribution is 2.28. The van der Waals surface area contributed by atoms with Crippen LogP contribution in [0.2, 0.25) is 5.02 Å². The predicted octanol–water partition coefficient (Wildman–Crippen LogP) is 4.41. The van der Waals surface area contributed by atoms with E-state index in [2.05, 4.69) is 33.0 Å². The van der Waals surface area contributed by atoms with Crippen molar-refractivity contribution in [3.63, 3.8) is 0 Å². The van der Waals surface area contributed by atoms with Crippen LogP contribution in [0.15, 0.2) is 18.2 Å². The van der Waals surface area contributed by atoms with Crippen LogP contribution >= 0.6 is 11.6 Å². The number of benzene rings is 1. The van der Waals surface area contributed by atoms with Crippen molar-refractivity contribution in [1.29, 1.82) is 0 Å². The zero-order valence-electron chi connectivity index (χ0n) is 11.2. The zero-order chi connectivity index (χ0) is 13.1. The first kappa shape index (κ1) is 14.2. The SMILES string of the molecule is CC(C)CC(C)(C)CNc1cc(Cl)ccc1N. The Morgan fingerprint density at radius 2 is 2.00 bits per heavy atom. The third-order valence-electron chi connectivity index (χ3n) is 2.73. The number of nitrogens with two attached hydrogens (primary N) is 1. The molecule has 2 nitrogen and oxygen atoms in total. The van der Waals surface area contributed by atoms with Gasteiger partial charge in [0.15, 0.2) is 0 Å². The van der Waals surface area contributed by atoms with Crippen molar-refractivity contribution in [3.8, 4) is 0 Å². The van der Waals surface area contributed by atoms with E-state index in [1.807, 2.05) is 12.1 Å². The van der Waals surface area contributed by atoms with Crippen LogP contribution < -0.4 is 11.1 Å². The molecule has 0 heterocycles. The molecule has 0 bridgehead atoms. The molecule has 0 aromatic heterocycles. The first-order valence-electron chi connectivity index (χ1n) is 6.09. The minimum Gasteiger partial charge on any atom is -0.397 e. The summed E-state index contributed by atoms with van der Waals surface area (Å²) in [6.45, 7) is 9.92. The first-order valence-corrected chi connectivity index (χ1v) is 6.47. The molecule has 0 atom stereocenters. The van der Waals surface area contributed by atoms with Gasteiger partial charge in [-0.25, -0.2) is 0 Å². The van der Waals surface area contributed by atoms with E-state index < -0.39 is 0 Å². The highest BCUT2D eigenvalue weighted by Gasteiger charge is 2.19. The van der Waals surface area contributed by atoms with Crippen molar-refractivity contribution >= 4 is 23.0 Å². The van der Waals surface area contributed by atoms with Crippen molar-refractivity contribution in [3.05, 3.63) is 23.2 Å². The van der Waals surface area contributed by atoms with Gasteiger partial charge in [-0.1, -0.05) is 39.3 Å². The maximum atomic E-state index is 5.96. The Hall–Kier alpha value is -0.890. The molecule has 1 aromatic rings. The lowest BCUT2D eigenvalue weighted by Gasteiger charge is -2.27. The van der Waals surface area contributed by atoms with E-state index in [0.717, 1.165) is 17.9 Å². The summed E-state index contributed by atoms with van der Waals surface area (Å²) in [6.07, 6.45) is 1.18. The highest BCUT2D eigenvalue weighted by molar-refractivity contribution is 6.31. The molecule has 0 spiro atoms. The normalized spacial score (nSPS) is 11.9. The fraction of sp³-hybridized carbons (Fsp3) is 0.571. The number of rotatable bonds is 5. The van der Waals surface area contributed by atoms with Gasteiger partial charge in [0.05, 0.1) is 11.4 Å². The fourth-order valence-electron chi connectivity index (χ4n) is 2.19. The largest absolute Gasteiger partial charge is 0.397 e. The minimum absolute atomic E-state index is 0.253. The van der Waals surface area contributed by atoms with Crippen molar-refractivity contribution in [1.82, 2.24) is 0 Å². The summed E-state index contributed by atoms with van der Waals surface area (Å²) in [5.41, 5.74) is 7.82. The van der Waals surface area contributed by atoms with E-state index in [0.29, 0.717) is 10.9 Å². The molecule has 0 amide bonds. The van der Waals surface area contributed by atoms with Crippen LogP contribution in [0.3, 0.4) is 0 Å². The third-order valence-corrected chi connectivity index (χ3v) is 2.97. The number of hydrogen-bond donors (Lipinski definition) is 2. The lowest BCUT2D eigenvalue weighted by atomic mass is 9.84. The van der Waals surface area contributed by atoms with Gasteiger partial charge in [-0.3, -0.25) is 0 Å². The van der Waals surface area contributed by atoms with Crippen molar-refractivity contribution < 1.29 is 0 Å². The predicted molar refractivity (Wildman–Crippen MR) is 77.6 cm³/mol. The van der Waals surface area contributed by atoms with E-state index in [-0.39, 0.29) is 5.41 Å². The topological polar surface area (TPSA) is 38.0 Å². The lowest BCUT2D eigenvalue weighted by Crippen LogP contribution is -2.25. The van der Waals surface area contributed by atoms with Crippen molar-refractivity contribution in [2.45, 2.75) is 34.1 Å². The lowest BCUT2D eigenvalue weighted by molar-refractivity contribution is 0.306. The Labute approximate surface area is 110 Å². The first-order chi connectivity index (χ1) is 7.80. The average molecular weight is 255 g/mol. The van der Waals surface area contributed by atoms with E-state index in [1.54, 1.807) is 6.07 Å². The second-order valence-corrected chi connectivity index (χ2v) is 6.28. The van der Waals surface area contributed by atoms with Gasteiger partial charge in [0, 0.05) is 11.6 Å². The summed E-state index contributed by atoms with van der Waals surface area (Å²) < 4.78 is 0. The van der Waals surface area contributed by atoms with Crippen molar-refractivity contribution in [2.24, 2.45) is 11.3 Å². The molecule has 3 N–H and O–H groups in total. The summed E-state index contributed by atoms with van der Waals surface area (Å²) in [4.78, 5) is 0. The van der Waals surface area contributed by atoms with E-state index in [1.165, 1.54) is 6.42 Å². The van der Waals surface area contributed by atoms with Gasteiger partial charge in [-0.05, 0) is 36.0 Å².